The molecule has 106 valence electrons. The molecular weight excluding hydrogens is 220 g/mol. The normalized spacial score (nSPS) is 37.7. The summed E-state index contributed by atoms with van der Waals surface area (Å²) in [6, 6.07) is 1.62. The molecule has 0 aromatic heterocycles. The largest absolute Gasteiger partial charge is 0.309 e. The summed E-state index contributed by atoms with van der Waals surface area (Å²) in [5, 5.41) is 3.72. The third-order valence-electron chi connectivity index (χ3n) is 5.15. The summed E-state index contributed by atoms with van der Waals surface area (Å²) in [7, 11) is 0. The molecule has 0 aromatic rings. The molecule has 3 unspecified atom stereocenters. The number of piperazine rings is 1. The van der Waals surface area contributed by atoms with E-state index in [-0.39, 0.29) is 0 Å². The van der Waals surface area contributed by atoms with Gasteiger partial charge in [0.05, 0.1) is 0 Å². The Morgan fingerprint density at radius 2 is 1.83 bits per heavy atom. The van der Waals surface area contributed by atoms with Crippen LogP contribution >= 0.6 is 0 Å². The average Bonchev–Trinajstić information content (AvgIpc) is 2.37. The van der Waals surface area contributed by atoms with E-state index in [1.54, 1.807) is 0 Å². The van der Waals surface area contributed by atoms with E-state index in [1.165, 1.54) is 51.6 Å². The molecule has 0 bridgehead atoms. The molecule has 0 radical (unpaired) electrons. The van der Waals surface area contributed by atoms with Crippen LogP contribution in [0.25, 0.3) is 0 Å². The van der Waals surface area contributed by atoms with Crippen molar-refractivity contribution in [3.63, 3.8) is 0 Å². The van der Waals surface area contributed by atoms with Crippen LogP contribution < -0.4 is 5.32 Å². The van der Waals surface area contributed by atoms with Gasteiger partial charge in [-0.05, 0) is 39.0 Å². The molecule has 1 saturated heterocycles. The molecule has 0 amide bonds. The Morgan fingerprint density at radius 3 is 2.50 bits per heavy atom. The molecule has 2 rings (SSSR count). The Kier molecular flexibility index (Phi) is 4.71. The van der Waals surface area contributed by atoms with Gasteiger partial charge in [0, 0.05) is 30.7 Å². The zero-order valence-corrected chi connectivity index (χ0v) is 12.8. The van der Waals surface area contributed by atoms with Gasteiger partial charge in [-0.3, -0.25) is 4.90 Å². The van der Waals surface area contributed by atoms with Crippen molar-refractivity contribution in [3.8, 4) is 0 Å². The van der Waals surface area contributed by atoms with E-state index in [9.17, 15) is 0 Å². The second-order valence-electron chi connectivity index (χ2n) is 7.02. The minimum atomic E-state index is 0.293. The average molecular weight is 252 g/mol. The van der Waals surface area contributed by atoms with Crippen molar-refractivity contribution in [2.24, 2.45) is 5.92 Å². The van der Waals surface area contributed by atoms with Crippen molar-refractivity contribution in [1.82, 2.24) is 10.2 Å². The van der Waals surface area contributed by atoms with E-state index in [0.717, 1.165) is 18.0 Å². The van der Waals surface area contributed by atoms with Crippen LogP contribution in [-0.2, 0) is 0 Å². The molecule has 1 heterocycles. The fraction of sp³-hybridized carbons (Fsp3) is 1.00. The first kappa shape index (κ1) is 14.3. The van der Waals surface area contributed by atoms with Crippen LogP contribution in [0.3, 0.4) is 0 Å². The lowest BCUT2D eigenvalue weighted by molar-refractivity contribution is 0.00914. The van der Waals surface area contributed by atoms with Crippen molar-refractivity contribution < 1.29 is 0 Å². The lowest BCUT2D eigenvalue weighted by Gasteiger charge is -2.51. The van der Waals surface area contributed by atoms with E-state index in [0.29, 0.717) is 5.54 Å². The Labute approximate surface area is 114 Å². The highest BCUT2D eigenvalue weighted by atomic mass is 15.3. The van der Waals surface area contributed by atoms with Crippen LogP contribution in [0.1, 0.15) is 66.2 Å². The first-order valence-electron chi connectivity index (χ1n) is 8.08. The van der Waals surface area contributed by atoms with Crippen LogP contribution in [0.4, 0.5) is 0 Å². The smallest absolute Gasteiger partial charge is 0.0253 e. The molecule has 2 fully saturated rings. The van der Waals surface area contributed by atoms with Gasteiger partial charge in [-0.2, -0.15) is 0 Å². The van der Waals surface area contributed by atoms with E-state index < -0.39 is 0 Å². The summed E-state index contributed by atoms with van der Waals surface area (Å²) in [6.07, 6.45) is 8.46. The number of nitrogens with one attached hydrogen (secondary N) is 1. The first-order valence-corrected chi connectivity index (χ1v) is 8.08. The van der Waals surface area contributed by atoms with Gasteiger partial charge in [-0.1, -0.05) is 33.1 Å². The number of nitrogens with zero attached hydrogens (tertiary/aromatic N) is 1. The van der Waals surface area contributed by atoms with Gasteiger partial charge >= 0.3 is 0 Å². The minimum absolute atomic E-state index is 0.293. The Hall–Kier alpha value is -0.0800. The van der Waals surface area contributed by atoms with Crippen LogP contribution in [0.15, 0.2) is 0 Å². The van der Waals surface area contributed by atoms with Crippen molar-refractivity contribution >= 4 is 0 Å². The van der Waals surface area contributed by atoms with Crippen molar-refractivity contribution in [1.29, 1.82) is 0 Å². The van der Waals surface area contributed by atoms with Gasteiger partial charge in [-0.25, -0.2) is 0 Å². The predicted molar refractivity (Wildman–Crippen MR) is 78.9 cm³/mol. The molecule has 0 spiro atoms. The highest BCUT2D eigenvalue weighted by Crippen LogP contribution is 2.34. The molecule has 2 heteroatoms. The van der Waals surface area contributed by atoms with Crippen LogP contribution in [0, 0.1) is 5.92 Å². The molecule has 2 nitrogen and oxygen atoms in total. The fourth-order valence-electron chi connectivity index (χ4n) is 4.02. The summed E-state index contributed by atoms with van der Waals surface area (Å²) in [4.78, 5) is 2.86. The van der Waals surface area contributed by atoms with Crippen LogP contribution in [0.2, 0.25) is 0 Å². The third kappa shape index (κ3) is 3.08. The minimum Gasteiger partial charge on any atom is -0.309 e. The van der Waals surface area contributed by atoms with Crippen molar-refractivity contribution in [3.05, 3.63) is 0 Å². The zero-order chi connectivity index (χ0) is 13.2. The molecule has 1 N–H and O–H groups in total. The second kappa shape index (κ2) is 5.92. The lowest BCUT2D eigenvalue weighted by Crippen LogP contribution is -2.64. The molecule has 1 aliphatic carbocycles. The van der Waals surface area contributed by atoms with E-state index in [2.05, 4.69) is 37.9 Å². The van der Waals surface area contributed by atoms with Crippen LogP contribution in [-0.4, -0.2) is 35.6 Å². The van der Waals surface area contributed by atoms with Gasteiger partial charge < -0.3 is 5.32 Å². The molecular formula is C16H32N2. The van der Waals surface area contributed by atoms with Gasteiger partial charge in [0.2, 0.25) is 0 Å². The summed E-state index contributed by atoms with van der Waals surface area (Å²) in [5.74, 6) is 0.946. The van der Waals surface area contributed by atoms with Crippen molar-refractivity contribution in [2.75, 3.05) is 13.1 Å². The van der Waals surface area contributed by atoms with Gasteiger partial charge in [0.1, 0.15) is 0 Å². The summed E-state index contributed by atoms with van der Waals surface area (Å²) < 4.78 is 0. The van der Waals surface area contributed by atoms with Gasteiger partial charge in [0.25, 0.3) is 0 Å². The predicted octanol–water partition coefficient (Wildman–Crippen LogP) is 3.42. The maximum Gasteiger partial charge on any atom is 0.0253 e. The highest BCUT2D eigenvalue weighted by molar-refractivity contribution is 4.96. The quantitative estimate of drug-likeness (QED) is 0.828. The van der Waals surface area contributed by atoms with Gasteiger partial charge in [0.15, 0.2) is 0 Å². The molecule has 3 atom stereocenters. The third-order valence-corrected chi connectivity index (χ3v) is 5.15. The number of rotatable bonds is 3. The Morgan fingerprint density at radius 1 is 1.11 bits per heavy atom. The van der Waals surface area contributed by atoms with Gasteiger partial charge in [-0.15, -0.1) is 0 Å². The summed E-state index contributed by atoms with van der Waals surface area (Å²) in [5.41, 5.74) is 0.293. The summed E-state index contributed by atoms with van der Waals surface area (Å²) in [6.45, 7) is 11.9. The standard InChI is InChI=1S/C16H32N2/c1-5-13-9-7-8-10-15(13)18-12-16(3,4)17-11-14(18)6-2/h13-15,17H,5-12H2,1-4H3. The maximum absolute atomic E-state index is 3.72. The highest BCUT2D eigenvalue weighted by Gasteiger charge is 2.38. The fourth-order valence-corrected chi connectivity index (χ4v) is 4.02. The molecule has 0 aromatic carbocycles. The molecule has 1 aliphatic heterocycles. The SMILES string of the molecule is CCC1CCCCC1N1CC(C)(C)NCC1CC. The molecule has 1 saturated carbocycles. The zero-order valence-electron chi connectivity index (χ0n) is 12.8. The Bertz CT molecular complexity index is 262. The van der Waals surface area contributed by atoms with E-state index in [1.807, 2.05) is 0 Å². The topological polar surface area (TPSA) is 15.3 Å². The van der Waals surface area contributed by atoms with Crippen molar-refractivity contribution in [2.45, 2.75) is 83.8 Å². The lowest BCUT2D eigenvalue weighted by atomic mass is 9.80. The number of hydrogen-bond donors (Lipinski definition) is 1. The number of hydrogen-bond acceptors (Lipinski definition) is 2. The first-order chi connectivity index (χ1) is 8.57. The van der Waals surface area contributed by atoms with Crippen LogP contribution in [0.5, 0.6) is 0 Å². The van der Waals surface area contributed by atoms with E-state index in [4.69, 9.17) is 0 Å². The monoisotopic (exact) mass is 252 g/mol. The Balaban J connectivity index is 2.10. The molecule has 18 heavy (non-hydrogen) atoms. The maximum atomic E-state index is 3.72. The van der Waals surface area contributed by atoms with E-state index >= 15 is 0 Å². The second-order valence-corrected chi connectivity index (χ2v) is 7.02. The molecule has 2 aliphatic rings. The summed E-state index contributed by atoms with van der Waals surface area (Å²) >= 11 is 0.